The molecule has 0 aliphatic rings. The summed E-state index contributed by atoms with van der Waals surface area (Å²) in [6, 6.07) is 11.0. The molecule has 0 saturated heterocycles. The maximum Gasteiger partial charge on any atom is 0.274 e. The molecule has 7 nitrogen and oxygen atoms in total. The van der Waals surface area contributed by atoms with Gasteiger partial charge in [0.15, 0.2) is 0 Å². The number of anilines is 1. The molecule has 0 saturated carbocycles. The van der Waals surface area contributed by atoms with Gasteiger partial charge in [-0.25, -0.2) is 5.43 Å². The smallest absolute Gasteiger partial charge is 0.274 e. The summed E-state index contributed by atoms with van der Waals surface area (Å²) in [5, 5.41) is 12.0. The zero-order valence-corrected chi connectivity index (χ0v) is 12.8. The van der Waals surface area contributed by atoms with E-state index >= 15 is 0 Å². The third-order valence-electron chi connectivity index (χ3n) is 2.99. The molecule has 0 unspecified atom stereocenters. The molecular formula is C15H12ClN5O2. The number of nitrogens with zero attached hydrogens (tertiary/aromatic N) is 3. The van der Waals surface area contributed by atoms with Crippen molar-refractivity contribution in [2.24, 2.45) is 5.10 Å². The van der Waals surface area contributed by atoms with E-state index in [1.807, 2.05) is 18.2 Å². The van der Waals surface area contributed by atoms with Crippen LogP contribution < -0.4 is 11.0 Å². The Kier molecular flexibility index (Phi) is 4.20. The van der Waals surface area contributed by atoms with Crippen LogP contribution in [0.4, 0.5) is 5.95 Å². The summed E-state index contributed by atoms with van der Waals surface area (Å²) in [4.78, 5) is 13.9. The van der Waals surface area contributed by atoms with Crippen LogP contribution in [0.2, 0.25) is 5.02 Å². The maximum atomic E-state index is 11.4. The highest BCUT2D eigenvalue weighted by molar-refractivity contribution is 6.33. The molecule has 2 N–H and O–H groups in total. The Labute approximate surface area is 136 Å². The van der Waals surface area contributed by atoms with E-state index < -0.39 is 0 Å². The van der Waals surface area contributed by atoms with Crippen LogP contribution in [0.3, 0.4) is 0 Å². The first-order valence-corrected chi connectivity index (χ1v) is 7.09. The second-order valence-electron chi connectivity index (χ2n) is 4.64. The zero-order chi connectivity index (χ0) is 16.2. The number of H-pyrrole nitrogens is 1. The largest absolute Gasteiger partial charge is 0.455 e. The van der Waals surface area contributed by atoms with Crippen LogP contribution in [0, 0.1) is 6.92 Å². The highest BCUT2D eigenvalue weighted by Gasteiger charge is 2.07. The van der Waals surface area contributed by atoms with Crippen molar-refractivity contribution in [3.8, 4) is 11.3 Å². The quantitative estimate of drug-likeness (QED) is 0.566. The molecule has 0 radical (unpaired) electrons. The molecule has 3 aromatic rings. The van der Waals surface area contributed by atoms with Crippen molar-refractivity contribution in [3.63, 3.8) is 0 Å². The topological polar surface area (TPSA) is 96.2 Å². The van der Waals surface area contributed by atoms with E-state index in [2.05, 4.69) is 25.7 Å². The van der Waals surface area contributed by atoms with Gasteiger partial charge < -0.3 is 4.42 Å². The lowest BCUT2D eigenvalue weighted by Gasteiger charge is -1.99. The van der Waals surface area contributed by atoms with E-state index in [1.54, 1.807) is 25.1 Å². The van der Waals surface area contributed by atoms with Gasteiger partial charge in [0.2, 0.25) is 5.95 Å². The Balaban J connectivity index is 1.73. The number of benzene rings is 1. The molecule has 0 aliphatic heterocycles. The zero-order valence-electron chi connectivity index (χ0n) is 12.1. The first kappa shape index (κ1) is 15.0. The van der Waals surface area contributed by atoms with Crippen molar-refractivity contribution in [1.82, 2.24) is 15.2 Å². The Bertz CT molecular complexity index is 916. The van der Waals surface area contributed by atoms with Crippen molar-refractivity contribution in [2.45, 2.75) is 6.92 Å². The van der Waals surface area contributed by atoms with Crippen molar-refractivity contribution in [1.29, 1.82) is 0 Å². The molecule has 0 fully saturated rings. The predicted octanol–water partition coefficient (Wildman–Crippen LogP) is 2.83. The lowest BCUT2D eigenvalue weighted by molar-refractivity contribution is 0.575. The van der Waals surface area contributed by atoms with E-state index in [9.17, 15) is 4.79 Å². The van der Waals surface area contributed by atoms with Gasteiger partial charge in [-0.1, -0.05) is 23.7 Å². The predicted molar refractivity (Wildman–Crippen MR) is 87.8 cm³/mol. The second kappa shape index (κ2) is 6.45. The minimum atomic E-state index is -0.322. The van der Waals surface area contributed by atoms with Crippen molar-refractivity contribution >= 4 is 23.8 Å². The van der Waals surface area contributed by atoms with Crippen LogP contribution in [-0.4, -0.2) is 21.4 Å². The summed E-state index contributed by atoms with van der Waals surface area (Å²) in [5.41, 5.74) is 3.34. The van der Waals surface area contributed by atoms with Gasteiger partial charge in [0.1, 0.15) is 17.2 Å². The van der Waals surface area contributed by atoms with Crippen LogP contribution in [0.15, 0.2) is 50.7 Å². The van der Waals surface area contributed by atoms with E-state index in [4.69, 9.17) is 16.0 Å². The Morgan fingerprint density at radius 3 is 2.87 bits per heavy atom. The molecule has 0 bridgehead atoms. The van der Waals surface area contributed by atoms with Crippen LogP contribution in [0.5, 0.6) is 0 Å². The number of halogens is 1. The Morgan fingerprint density at radius 1 is 1.26 bits per heavy atom. The normalized spacial score (nSPS) is 11.0. The van der Waals surface area contributed by atoms with Crippen molar-refractivity contribution in [2.75, 3.05) is 5.43 Å². The highest BCUT2D eigenvalue weighted by Crippen LogP contribution is 2.28. The third kappa shape index (κ3) is 3.46. The lowest BCUT2D eigenvalue weighted by atomic mass is 10.2. The molecule has 0 spiro atoms. The number of hydrogen-bond acceptors (Lipinski definition) is 6. The summed E-state index contributed by atoms with van der Waals surface area (Å²) in [7, 11) is 0. The van der Waals surface area contributed by atoms with Gasteiger partial charge in [-0.3, -0.25) is 9.78 Å². The van der Waals surface area contributed by atoms with E-state index in [0.717, 1.165) is 5.56 Å². The second-order valence-corrected chi connectivity index (χ2v) is 5.05. The van der Waals surface area contributed by atoms with Crippen molar-refractivity contribution in [3.05, 3.63) is 63.2 Å². The molecule has 0 amide bonds. The molecule has 23 heavy (non-hydrogen) atoms. The number of furan rings is 1. The van der Waals surface area contributed by atoms with E-state index in [-0.39, 0.29) is 17.2 Å². The number of aromatic amines is 1. The fraction of sp³-hybridized carbons (Fsp3) is 0.0667. The molecule has 1 aromatic carbocycles. The van der Waals surface area contributed by atoms with Crippen molar-refractivity contribution < 1.29 is 4.42 Å². The average Bonchev–Trinajstić information content (AvgIpc) is 3.00. The molecule has 2 aromatic heterocycles. The summed E-state index contributed by atoms with van der Waals surface area (Å²) < 4.78 is 5.65. The third-order valence-corrected chi connectivity index (χ3v) is 3.32. The minimum Gasteiger partial charge on any atom is -0.455 e. The van der Waals surface area contributed by atoms with Crippen LogP contribution in [-0.2, 0) is 0 Å². The summed E-state index contributed by atoms with van der Waals surface area (Å²) in [6.07, 6.45) is 1.46. The first-order chi connectivity index (χ1) is 11.1. The fourth-order valence-electron chi connectivity index (χ4n) is 1.83. The average molecular weight is 330 g/mol. The van der Waals surface area contributed by atoms with Crippen LogP contribution in [0.1, 0.15) is 11.5 Å². The number of nitrogens with one attached hydrogen (secondary N) is 2. The standard InChI is InChI=1S/C15H12ClN5O2/c1-9-14(22)18-15(21-19-9)20-17-8-10-6-7-13(23-10)11-4-2-3-5-12(11)16/h2-8H,1H3,(H2,18,20,21,22)/b17-8+. The molecular weight excluding hydrogens is 318 g/mol. The number of hydrogen-bond donors (Lipinski definition) is 2. The van der Waals surface area contributed by atoms with Gasteiger partial charge in [-0.2, -0.15) is 5.10 Å². The van der Waals surface area contributed by atoms with Crippen LogP contribution >= 0.6 is 11.6 Å². The van der Waals surface area contributed by atoms with Gasteiger partial charge >= 0.3 is 0 Å². The molecule has 2 heterocycles. The van der Waals surface area contributed by atoms with E-state index in [1.165, 1.54) is 6.21 Å². The SMILES string of the molecule is Cc1nnc(N/N=C/c2ccc(-c3ccccc3Cl)o2)[nH]c1=O. The molecule has 0 atom stereocenters. The van der Waals surface area contributed by atoms with Gasteiger partial charge in [0.05, 0.1) is 11.2 Å². The highest BCUT2D eigenvalue weighted by atomic mass is 35.5. The van der Waals surface area contributed by atoms with Gasteiger partial charge in [-0.15, -0.1) is 10.2 Å². The summed E-state index contributed by atoms with van der Waals surface area (Å²) in [6.45, 7) is 1.57. The van der Waals surface area contributed by atoms with E-state index in [0.29, 0.717) is 16.5 Å². The number of aromatic nitrogens is 3. The van der Waals surface area contributed by atoms with Gasteiger partial charge in [0.25, 0.3) is 5.56 Å². The number of hydrazone groups is 1. The lowest BCUT2D eigenvalue weighted by Crippen LogP contribution is -2.15. The fourth-order valence-corrected chi connectivity index (χ4v) is 2.06. The summed E-state index contributed by atoms with van der Waals surface area (Å²) in [5.74, 6) is 1.31. The Hall–Kier alpha value is -2.93. The first-order valence-electron chi connectivity index (χ1n) is 6.71. The number of aryl methyl sites for hydroxylation is 1. The molecule has 116 valence electrons. The number of rotatable bonds is 4. The molecule has 8 heteroatoms. The Morgan fingerprint density at radius 2 is 2.09 bits per heavy atom. The monoisotopic (exact) mass is 329 g/mol. The van der Waals surface area contributed by atoms with Crippen LogP contribution in [0.25, 0.3) is 11.3 Å². The minimum absolute atomic E-state index is 0.148. The summed E-state index contributed by atoms with van der Waals surface area (Å²) >= 11 is 6.13. The molecule has 0 aliphatic carbocycles. The molecule has 3 rings (SSSR count). The van der Waals surface area contributed by atoms with Gasteiger partial charge in [0, 0.05) is 5.56 Å². The maximum absolute atomic E-state index is 11.4. The van der Waals surface area contributed by atoms with Gasteiger partial charge in [-0.05, 0) is 31.2 Å².